The lowest BCUT2D eigenvalue weighted by molar-refractivity contribution is 0.481. The van der Waals surface area contributed by atoms with Crippen LogP contribution in [-0.2, 0) is 16.4 Å². The molecule has 0 aliphatic rings. The fourth-order valence-corrected chi connectivity index (χ4v) is 3.03. The smallest absolute Gasteiger partial charge is 0.200 e. The van der Waals surface area contributed by atoms with Crippen molar-refractivity contribution in [3.05, 3.63) is 42.0 Å². The Morgan fingerprint density at radius 3 is 2.32 bits per heavy atom. The Morgan fingerprint density at radius 1 is 1.18 bits per heavy atom. The van der Waals surface area contributed by atoms with Gasteiger partial charge in [0.1, 0.15) is 11.5 Å². The highest BCUT2D eigenvalue weighted by atomic mass is 32.2. The Bertz CT molecular complexity index is 740. The van der Waals surface area contributed by atoms with Gasteiger partial charge in [0, 0.05) is 7.05 Å². The standard InChI is InChI=1S/C16H22N2O3S/c1-12-6-8-14(21-12)11-18(5)13-7-9-15(17-10-13)22(19,20)16(2,3)4/h6-10H,11H2,1-5H3. The summed E-state index contributed by atoms with van der Waals surface area (Å²) in [7, 11) is -1.51. The van der Waals surface area contributed by atoms with Crippen molar-refractivity contribution in [2.45, 2.75) is 44.0 Å². The van der Waals surface area contributed by atoms with Gasteiger partial charge >= 0.3 is 0 Å². The van der Waals surface area contributed by atoms with Crippen LogP contribution in [0.4, 0.5) is 5.69 Å². The molecule has 2 aromatic rings. The Morgan fingerprint density at radius 2 is 1.86 bits per heavy atom. The molecule has 5 nitrogen and oxygen atoms in total. The summed E-state index contributed by atoms with van der Waals surface area (Å²) in [5.41, 5.74) is 0.835. The summed E-state index contributed by atoms with van der Waals surface area (Å²) in [6.07, 6.45) is 1.58. The highest BCUT2D eigenvalue weighted by molar-refractivity contribution is 7.92. The molecule has 0 saturated heterocycles. The van der Waals surface area contributed by atoms with Crippen molar-refractivity contribution in [1.29, 1.82) is 0 Å². The van der Waals surface area contributed by atoms with Gasteiger partial charge in [0.2, 0.25) is 0 Å². The van der Waals surface area contributed by atoms with Crippen molar-refractivity contribution < 1.29 is 12.8 Å². The maximum atomic E-state index is 12.3. The zero-order chi connectivity index (χ0) is 16.5. The van der Waals surface area contributed by atoms with Gasteiger partial charge in [0.25, 0.3) is 0 Å². The van der Waals surface area contributed by atoms with E-state index in [4.69, 9.17) is 4.42 Å². The van der Waals surface area contributed by atoms with Gasteiger partial charge in [-0.15, -0.1) is 0 Å². The van der Waals surface area contributed by atoms with E-state index >= 15 is 0 Å². The van der Waals surface area contributed by atoms with Crippen LogP contribution in [0.1, 0.15) is 32.3 Å². The van der Waals surface area contributed by atoms with Crippen LogP contribution in [0.25, 0.3) is 0 Å². The average Bonchev–Trinajstić information content (AvgIpc) is 2.83. The zero-order valence-corrected chi connectivity index (χ0v) is 14.4. The molecule has 22 heavy (non-hydrogen) atoms. The molecule has 0 radical (unpaired) electrons. The summed E-state index contributed by atoms with van der Waals surface area (Å²) < 4.78 is 29.4. The topological polar surface area (TPSA) is 63.4 Å². The van der Waals surface area contributed by atoms with Gasteiger partial charge in [0.15, 0.2) is 14.9 Å². The summed E-state index contributed by atoms with van der Waals surface area (Å²) in [6.45, 7) is 7.51. The van der Waals surface area contributed by atoms with Crippen molar-refractivity contribution >= 4 is 15.5 Å². The van der Waals surface area contributed by atoms with Crippen molar-refractivity contribution in [2.24, 2.45) is 0 Å². The van der Waals surface area contributed by atoms with Crippen LogP contribution < -0.4 is 4.90 Å². The highest BCUT2D eigenvalue weighted by Gasteiger charge is 2.32. The number of aryl methyl sites for hydroxylation is 1. The molecule has 2 rings (SSSR count). The molecule has 2 aromatic heterocycles. The summed E-state index contributed by atoms with van der Waals surface area (Å²) in [6, 6.07) is 7.17. The normalized spacial score (nSPS) is 12.4. The van der Waals surface area contributed by atoms with Crippen LogP contribution in [0.2, 0.25) is 0 Å². The van der Waals surface area contributed by atoms with Gasteiger partial charge in [-0.3, -0.25) is 0 Å². The van der Waals surface area contributed by atoms with E-state index in [0.717, 1.165) is 17.2 Å². The van der Waals surface area contributed by atoms with Gasteiger partial charge in [-0.1, -0.05) is 0 Å². The Kier molecular flexibility index (Phi) is 4.33. The molecule has 0 saturated carbocycles. The number of hydrogen-bond acceptors (Lipinski definition) is 5. The fraction of sp³-hybridized carbons (Fsp3) is 0.438. The number of aromatic nitrogens is 1. The van der Waals surface area contributed by atoms with E-state index in [1.54, 1.807) is 39.1 Å². The maximum Gasteiger partial charge on any atom is 0.200 e. The second-order valence-corrected chi connectivity index (χ2v) is 8.99. The molecule has 0 aliphatic carbocycles. The lowest BCUT2D eigenvalue weighted by atomic mass is 10.3. The monoisotopic (exact) mass is 322 g/mol. The van der Waals surface area contributed by atoms with Gasteiger partial charge in [-0.05, 0) is 52.0 Å². The first-order valence-electron chi connectivity index (χ1n) is 7.08. The van der Waals surface area contributed by atoms with Gasteiger partial charge in [0.05, 0.1) is 23.2 Å². The van der Waals surface area contributed by atoms with Crippen molar-refractivity contribution in [3.63, 3.8) is 0 Å². The molecular weight excluding hydrogens is 300 g/mol. The molecule has 0 spiro atoms. The van der Waals surface area contributed by atoms with E-state index in [9.17, 15) is 8.42 Å². The van der Waals surface area contributed by atoms with Crippen LogP contribution >= 0.6 is 0 Å². The molecule has 0 aromatic carbocycles. The largest absolute Gasteiger partial charge is 0.464 e. The molecule has 120 valence electrons. The quantitative estimate of drug-likeness (QED) is 0.865. The number of anilines is 1. The van der Waals surface area contributed by atoms with E-state index in [-0.39, 0.29) is 5.03 Å². The Balaban J connectivity index is 2.18. The van der Waals surface area contributed by atoms with Crippen LogP contribution in [-0.4, -0.2) is 25.2 Å². The van der Waals surface area contributed by atoms with Gasteiger partial charge in [-0.2, -0.15) is 0 Å². The summed E-state index contributed by atoms with van der Waals surface area (Å²) in [5, 5.41) is 0.103. The number of sulfone groups is 1. The minimum atomic E-state index is -3.42. The first-order valence-corrected chi connectivity index (χ1v) is 8.57. The second-order valence-electron chi connectivity index (χ2n) is 6.34. The summed E-state index contributed by atoms with van der Waals surface area (Å²) >= 11 is 0. The fourth-order valence-electron chi connectivity index (χ4n) is 1.97. The number of pyridine rings is 1. The SMILES string of the molecule is Cc1ccc(CN(C)c2ccc(S(=O)(=O)C(C)(C)C)nc2)o1. The predicted octanol–water partition coefficient (Wildman–Crippen LogP) is 3.19. The van der Waals surface area contributed by atoms with Crippen molar-refractivity contribution in [2.75, 3.05) is 11.9 Å². The first-order chi connectivity index (χ1) is 10.1. The molecule has 0 atom stereocenters. The highest BCUT2D eigenvalue weighted by Crippen LogP contribution is 2.25. The van der Waals surface area contributed by atoms with E-state index in [2.05, 4.69) is 4.98 Å². The lowest BCUT2D eigenvalue weighted by Crippen LogP contribution is -2.28. The molecular formula is C16H22N2O3S. The van der Waals surface area contributed by atoms with E-state index < -0.39 is 14.6 Å². The lowest BCUT2D eigenvalue weighted by Gasteiger charge is -2.20. The van der Waals surface area contributed by atoms with Crippen molar-refractivity contribution in [3.8, 4) is 0 Å². The molecule has 0 bridgehead atoms. The Hall–Kier alpha value is -1.82. The molecule has 0 fully saturated rings. The third-order valence-electron chi connectivity index (χ3n) is 3.43. The van der Waals surface area contributed by atoms with E-state index in [1.165, 1.54) is 0 Å². The minimum absolute atomic E-state index is 0.103. The molecule has 2 heterocycles. The van der Waals surface area contributed by atoms with E-state index in [1.807, 2.05) is 31.0 Å². The zero-order valence-electron chi connectivity index (χ0n) is 13.6. The summed E-state index contributed by atoms with van der Waals surface area (Å²) in [5.74, 6) is 1.72. The Labute approximate surface area is 131 Å². The average molecular weight is 322 g/mol. The molecule has 0 N–H and O–H groups in total. The molecule has 0 unspecified atom stereocenters. The third kappa shape index (κ3) is 3.32. The van der Waals surface area contributed by atoms with Crippen molar-refractivity contribution in [1.82, 2.24) is 4.98 Å². The van der Waals surface area contributed by atoms with E-state index in [0.29, 0.717) is 6.54 Å². The number of hydrogen-bond donors (Lipinski definition) is 0. The number of rotatable bonds is 4. The second kappa shape index (κ2) is 5.76. The van der Waals surface area contributed by atoms with Crippen LogP contribution in [0.5, 0.6) is 0 Å². The number of nitrogens with zero attached hydrogens (tertiary/aromatic N) is 2. The molecule has 6 heteroatoms. The predicted molar refractivity (Wildman–Crippen MR) is 86.7 cm³/mol. The van der Waals surface area contributed by atoms with Crippen LogP contribution in [0.3, 0.4) is 0 Å². The summed E-state index contributed by atoms with van der Waals surface area (Å²) in [4.78, 5) is 6.08. The van der Waals surface area contributed by atoms with Crippen LogP contribution in [0, 0.1) is 6.92 Å². The first kappa shape index (κ1) is 16.5. The minimum Gasteiger partial charge on any atom is -0.464 e. The van der Waals surface area contributed by atoms with Gasteiger partial charge in [-0.25, -0.2) is 13.4 Å². The molecule has 0 amide bonds. The third-order valence-corrected chi connectivity index (χ3v) is 5.84. The maximum absolute atomic E-state index is 12.3. The number of furan rings is 1. The van der Waals surface area contributed by atoms with Gasteiger partial charge < -0.3 is 9.32 Å². The van der Waals surface area contributed by atoms with Crippen LogP contribution in [0.15, 0.2) is 39.9 Å². The molecule has 0 aliphatic heterocycles.